The number of anilines is 1. The van der Waals surface area contributed by atoms with Gasteiger partial charge < -0.3 is 9.64 Å². The van der Waals surface area contributed by atoms with Crippen molar-refractivity contribution >= 4 is 21.6 Å². The summed E-state index contributed by atoms with van der Waals surface area (Å²) in [6.45, 7) is 7.51. The van der Waals surface area contributed by atoms with E-state index in [2.05, 4.69) is 25.5 Å². The summed E-state index contributed by atoms with van der Waals surface area (Å²) in [5.41, 5.74) is 2.02. The molecule has 1 amide bonds. The van der Waals surface area contributed by atoms with Crippen LogP contribution in [0.25, 0.3) is 0 Å². The molecule has 1 N–H and O–H groups in total. The van der Waals surface area contributed by atoms with E-state index in [0.717, 1.165) is 12.1 Å². The third-order valence-electron chi connectivity index (χ3n) is 4.92. The van der Waals surface area contributed by atoms with E-state index >= 15 is 0 Å². The molecule has 0 saturated carbocycles. The lowest BCUT2D eigenvalue weighted by atomic mass is 9.87. The van der Waals surface area contributed by atoms with Crippen LogP contribution in [0, 0.1) is 0 Å². The number of carbonyl (C=O) groups is 1. The first-order valence-corrected chi connectivity index (χ1v) is 11.3. The molecule has 0 radical (unpaired) electrons. The molecule has 1 heterocycles. The number of nitrogens with one attached hydrogen (secondary N) is 1. The number of rotatable bonds is 7. The number of carbonyl (C=O) groups excluding carboxylic acids is 1. The fourth-order valence-electron chi connectivity index (χ4n) is 3.21. The van der Waals surface area contributed by atoms with Crippen LogP contribution in [0.1, 0.15) is 39.2 Å². The van der Waals surface area contributed by atoms with Crippen LogP contribution in [-0.2, 0) is 20.2 Å². The van der Waals surface area contributed by atoms with Crippen LogP contribution in [0.5, 0.6) is 5.75 Å². The van der Waals surface area contributed by atoms with Crippen LogP contribution in [0.2, 0.25) is 0 Å². The van der Waals surface area contributed by atoms with Crippen molar-refractivity contribution in [1.82, 2.24) is 4.72 Å². The number of ether oxygens (including phenoxy) is 1. The second-order valence-corrected chi connectivity index (χ2v) is 9.93. The number of hydrogen-bond donors (Lipinski definition) is 1. The summed E-state index contributed by atoms with van der Waals surface area (Å²) in [6.07, 6.45) is 1.37. The van der Waals surface area contributed by atoms with Gasteiger partial charge in [-0.25, -0.2) is 13.1 Å². The predicted octanol–water partition coefficient (Wildman–Crippen LogP) is 3.47. The van der Waals surface area contributed by atoms with Gasteiger partial charge in [-0.2, -0.15) is 0 Å². The Morgan fingerprint density at radius 3 is 2.24 bits per heavy atom. The van der Waals surface area contributed by atoms with Crippen molar-refractivity contribution < 1.29 is 17.9 Å². The van der Waals surface area contributed by atoms with E-state index in [0.29, 0.717) is 18.7 Å². The van der Waals surface area contributed by atoms with E-state index in [9.17, 15) is 13.2 Å². The Kier molecular flexibility index (Phi) is 6.29. The quantitative estimate of drug-likeness (QED) is 0.702. The minimum Gasteiger partial charge on any atom is -0.492 e. The van der Waals surface area contributed by atoms with E-state index in [-0.39, 0.29) is 29.4 Å². The molecule has 1 fully saturated rings. The van der Waals surface area contributed by atoms with Gasteiger partial charge in [-0.1, -0.05) is 32.9 Å². The number of amides is 1. The molecule has 0 aliphatic carbocycles. The van der Waals surface area contributed by atoms with Gasteiger partial charge in [0.15, 0.2) is 0 Å². The van der Waals surface area contributed by atoms with Gasteiger partial charge in [0.2, 0.25) is 15.9 Å². The third-order valence-corrected chi connectivity index (χ3v) is 6.39. The first-order valence-electron chi connectivity index (χ1n) is 9.80. The van der Waals surface area contributed by atoms with Gasteiger partial charge in [0.1, 0.15) is 12.4 Å². The fraction of sp³-hybridized carbons (Fsp3) is 0.409. The molecule has 0 bridgehead atoms. The molecule has 1 aliphatic rings. The van der Waals surface area contributed by atoms with Crippen LogP contribution in [0.3, 0.4) is 0 Å². The average molecular weight is 417 g/mol. The maximum atomic E-state index is 12.4. The van der Waals surface area contributed by atoms with Crippen molar-refractivity contribution in [2.45, 2.75) is 43.9 Å². The zero-order valence-electron chi connectivity index (χ0n) is 17.1. The Hall–Kier alpha value is -2.38. The zero-order valence-corrected chi connectivity index (χ0v) is 18.0. The van der Waals surface area contributed by atoms with Gasteiger partial charge in [-0.05, 0) is 53.8 Å². The van der Waals surface area contributed by atoms with Crippen molar-refractivity contribution in [2.24, 2.45) is 0 Å². The highest BCUT2D eigenvalue weighted by Gasteiger charge is 2.22. The molecule has 3 rings (SSSR count). The SMILES string of the molecule is CC(C)(C)c1ccc(OCCNS(=O)(=O)c2ccc(N3CCCC3=O)cc2)cc1. The summed E-state index contributed by atoms with van der Waals surface area (Å²) in [7, 11) is -3.63. The molecule has 0 spiro atoms. The highest BCUT2D eigenvalue weighted by atomic mass is 32.2. The van der Waals surface area contributed by atoms with Gasteiger partial charge in [0, 0.05) is 25.2 Å². The number of hydrogen-bond acceptors (Lipinski definition) is 4. The van der Waals surface area contributed by atoms with Crippen molar-refractivity contribution in [1.29, 1.82) is 0 Å². The molecular formula is C22H28N2O4S. The van der Waals surface area contributed by atoms with Gasteiger partial charge >= 0.3 is 0 Å². The number of benzene rings is 2. The highest BCUT2D eigenvalue weighted by Crippen LogP contribution is 2.24. The van der Waals surface area contributed by atoms with E-state index in [4.69, 9.17) is 4.74 Å². The summed E-state index contributed by atoms with van der Waals surface area (Å²) in [6, 6.07) is 14.2. The molecular weight excluding hydrogens is 388 g/mol. The highest BCUT2D eigenvalue weighted by molar-refractivity contribution is 7.89. The summed E-state index contributed by atoms with van der Waals surface area (Å²) in [4.78, 5) is 13.6. The second kappa shape index (κ2) is 8.55. The van der Waals surface area contributed by atoms with Crippen molar-refractivity contribution in [3.63, 3.8) is 0 Å². The molecule has 1 saturated heterocycles. The van der Waals surface area contributed by atoms with Crippen LogP contribution in [0.15, 0.2) is 53.4 Å². The van der Waals surface area contributed by atoms with Crippen molar-refractivity contribution in [3.05, 3.63) is 54.1 Å². The number of nitrogens with zero attached hydrogens (tertiary/aromatic N) is 1. The zero-order chi connectivity index (χ0) is 21.1. The van der Waals surface area contributed by atoms with Gasteiger partial charge in [-0.3, -0.25) is 4.79 Å². The lowest BCUT2D eigenvalue weighted by Gasteiger charge is -2.19. The van der Waals surface area contributed by atoms with E-state index in [1.807, 2.05) is 24.3 Å². The standard InChI is InChI=1S/C22H28N2O4S/c1-22(2,3)17-6-10-19(11-7-17)28-16-14-23-29(26,27)20-12-8-18(9-13-20)24-15-4-5-21(24)25/h6-13,23H,4-5,14-16H2,1-3H3. The summed E-state index contributed by atoms with van der Waals surface area (Å²) in [5, 5.41) is 0. The Bertz CT molecular complexity index is 946. The second-order valence-electron chi connectivity index (χ2n) is 8.16. The van der Waals surface area contributed by atoms with Gasteiger partial charge in [0.05, 0.1) is 4.90 Å². The van der Waals surface area contributed by atoms with Crippen LogP contribution >= 0.6 is 0 Å². The topological polar surface area (TPSA) is 75.7 Å². The monoisotopic (exact) mass is 416 g/mol. The lowest BCUT2D eigenvalue weighted by molar-refractivity contribution is -0.117. The van der Waals surface area contributed by atoms with Crippen LogP contribution in [0.4, 0.5) is 5.69 Å². The van der Waals surface area contributed by atoms with Crippen molar-refractivity contribution in [3.8, 4) is 5.75 Å². The molecule has 2 aromatic carbocycles. The molecule has 2 aromatic rings. The van der Waals surface area contributed by atoms with Crippen LogP contribution in [-0.4, -0.2) is 34.0 Å². The Labute approximate surface area is 172 Å². The summed E-state index contributed by atoms with van der Waals surface area (Å²) in [5.74, 6) is 0.781. The maximum Gasteiger partial charge on any atom is 0.240 e. The maximum absolute atomic E-state index is 12.4. The molecule has 0 aromatic heterocycles. The molecule has 6 nitrogen and oxygen atoms in total. The summed E-state index contributed by atoms with van der Waals surface area (Å²) < 4.78 is 33.1. The van der Waals surface area contributed by atoms with Crippen molar-refractivity contribution in [2.75, 3.05) is 24.6 Å². The third kappa shape index (κ3) is 5.36. The van der Waals surface area contributed by atoms with E-state index in [1.54, 1.807) is 17.0 Å². The van der Waals surface area contributed by atoms with E-state index < -0.39 is 10.0 Å². The minimum atomic E-state index is -3.63. The fourth-order valence-corrected chi connectivity index (χ4v) is 4.22. The Balaban J connectivity index is 1.51. The molecule has 1 aliphatic heterocycles. The van der Waals surface area contributed by atoms with E-state index in [1.165, 1.54) is 17.7 Å². The van der Waals surface area contributed by atoms with Crippen LogP contribution < -0.4 is 14.4 Å². The predicted molar refractivity (Wildman–Crippen MR) is 114 cm³/mol. The minimum absolute atomic E-state index is 0.0752. The van der Waals surface area contributed by atoms with Gasteiger partial charge in [0.25, 0.3) is 0 Å². The molecule has 0 unspecified atom stereocenters. The smallest absolute Gasteiger partial charge is 0.240 e. The first-order chi connectivity index (χ1) is 13.7. The summed E-state index contributed by atoms with van der Waals surface area (Å²) >= 11 is 0. The lowest BCUT2D eigenvalue weighted by Crippen LogP contribution is -2.28. The average Bonchev–Trinajstić information content (AvgIpc) is 3.11. The molecule has 7 heteroatoms. The molecule has 0 atom stereocenters. The molecule has 29 heavy (non-hydrogen) atoms. The Morgan fingerprint density at radius 1 is 1.03 bits per heavy atom. The normalized spacial score (nSPS) is 15.0. The first kappa shape index (κ1) is 21.3. The number of sulfonamides is 1. The Morgan fingerprint density at radius 2 is 1.69 bits per heavy atom. The largest absolute Gasteiger partial charge is 0.492 e. The van der Waals surface area contributed by atoms with Gasteiger partial charge in [-0.15, -0.1) is 0 Å². The molecule has 156 valence electrons.